The molecule has 4 aromatic rings. The zero-order chi connectivity index (χ0) is 37.8. The molecule has 1 atom stereocenters. The average Bonchev–Trinajstić information content (AvgIpc) is 3.45. The Kier molecular flexibility index (Phi) is 13.3. The van der Waals surface area contributed by atoms with Gasteiger partial charge in [-0.2, -0.15) is 0 Å². The minimum Gasteiger partial charge on any atom is -0.379 e. The summed E-state index contributed by atoms with van der Waals surface area (Å²) >= 11 is 5.61. The van der Waals surface area contributed by atoms with Crippen LogP contribution in [0.4, 0.5) is 11.4 Å². The molecule has 0 unspecified atom stereocenters. The molecule has 0 radical (unpaired) electrons. The van der Waals surface area contributed by atoms with Crippen molar-refractivity contribution in [3.63, 3.8) is 0 Å². The molecule has 4 aromatic carbocycles. The van der Waals surface area contributed by atoms with Crippen LogP contribution in [0.15, 0.2) is 121 Å². The van der Waals surface area contributed by atoms with Crippen LogP contribution in [-0.2, 0) is 27.3 Å². The van der Waals surface area contributed by atoms with Crippen molar-refractivity contribution in [2.75, 3.05) is 43.1 Å². The number of para-hydroxylation sites is 2. The van der Waals surface area contributed by atoms with Crippen LogP contribution < -0.4 is 20.9 Å². The summed E-state index contributed by atoms with van der Waals surface area (Å²) in [5, 5.41) is 10.4. The van der Waals surface area contributed by atoms with Crippen LogP contribution >= 0.6 is 11.6 Å². The van der Waals surface area contributed by atoms with Gasteiger partial charge in [0.1, 0.15) is 12.1 Å². The molecule has 3 heterocycles. The number of amides is 3. The van der Waals surface area contributed by atoms with Gasteiger partial charge in [-0.15, -0.1) is 12.8 Å². The Balaban J connectivity index is 0.000000475. The molecule has 1 spiro atoms. The van der Waals surface area contributed by atoms with E-state index in [9.17, 15) is 14.4 Å². The summed E-state index contributed by atoms with van der Waals surface area (Å²) in [5.41, 5.74) is 5.48. The lowest BCUT2D eigenvalue weighted by molar-refractivity contribution is -0.139. The number of anilines is 2. The number of likely N-dealkylation sites (tertiary alicyclic amines) is 1. The van der Waals surface area contributed by atoms with Crippen molar-refractivity contribution in [3.05, 3.63) is 143 Å². The van der Waals surface area contributed by atoms with E-state index in [4.69, 9.17) is 11.6 Å². The number of halogens is 1. The first kappa shape index (κ1) is 38.7. The number of aryl methyl sites for hydroxylation is 1. The van der Waals surface area contributed by atoms with Gasteiger partial charge in [0.25, 0.3) is 5.91 Å². The minimum absolute atomic E-state index is 0.0111. The number of rotatable bonds is 8. The highest BCUT2D eigenvalue weighted by molar-refractivity contribution is 6.30. The highest BCUT2D eigenvalue weighted by Gasteiger charge is 2.54. The van der Waals surface area contributed by atoms with Gasteiger partial charge in [-0.05, 0) is 73.7 Å². The molecule has 53 heavy (non-hydrogen) atoms. The van der Waals surface area contributed by atoms with Crippen LogP contribution in [-0.4, -0.2) is 71.9 Å². The molecule has 0 saturated carbocycles. The Bertz CT molecular complexity index is 1850. The summed E-state index contributed by atoms with van der Waals surface area (Å²) in [6.45, 7) is 8.38. The van der Waals surface area contributed by atoms with Gasteiger partial charge in [0.05, 0.1) is 19.3 Å². The molecule has 0 aliphatic carbocycles. The number of fused-ring (bicyclic) bond motifs is 1. The fourth-order valence-corrected chi connectivity index (χ4v) is 7.13. The lowest BCUT2D eigenvalue weighted by Gasteiger charge is -2.43. The number of hydrogen-bond donors (Lipinski definition) is 3. The van der Waals surface area contributed by atoms with Crippen LogP contribution in [0.3, 0.4) is 0 Å². The molecule has 3 aliphatic heterocycles. The first-order valence-corrected chi connectivity index (χ1v) is 18.1. The zero-order valence-corrected chi connectivity index (χ0v) is 30.9. The fraction of sp³-hybridized carbons (Fsp3) is 0.279. The highest BCUT2D eigenvalue weighted by Crippen LogP contribution is 2.39. The normalized spacial score (nSPS) is 17.0. The maximum atomic E-state index is 14.0. The van der Waals surface area contributed by atoms with Crippen molar-refractivity contribution in [1.29, 1.82) is 0 Å². The van der Waals surface area contributed by atoms with Crippen LogP contribution in [0.1, 0.15) is 29.5 Å². The number of benzene rings is 4. The number of piperidine rings is 1. The summed E-state index contributed by atoms with van der Waals surface area (Å²) in [4.78, 5) is 45.7. The molecular weight excluding hydrogens is 684 g/mol. The second-order valence-electron chi connectivity index (χ2n) is 13.3. The number of carbonyl (C=O) groups is 3. The maximum absolute atomic E-state index is 14.0. The Morgan fingerprint density at radius 3 is 2.13 bits per heavy atom. The van der Waals surface area contributed by atoms with Crippen molar-refractivity contribution >= 4 is 40.7 Å². The van der Waals surface area contributed by atoms with E-state index < -0.39 is 5.54 Å². The van der Waals surface area contributed by atoms with Crippen LogP contribution in [0.5, 0.6) is 0 Å². The predicted molar refractivity (Wildman–Crippen MR) is 213 cm³/mol. The highest BCUT2D eigenvalue weighted by atomic mass is 35.5. The largest absolute Gasteiger partial charge is 0.379 e. The number of terminal acetylenes is 1. The van der Waals surface area contributed by atoms with E-state index in [1.54, 1.807) is 4.90 Å². The molecule has 2 saturated heterocycles. The number of hydrogen-bond acceptors (Lipinski definition) is 6. The van der Waals surface area contributed by atoms with Gasteiger partial charge >= 0.3 is 0 Å². The fourth-order valence-electron chi connectivity index (χ4n) is 7.00. The van der Waals surface area contributed by atoms with E-state index in [1.807, 2.05) is 103 Å². The molecule has 274 valence electrons. The van der Waals surface area contributed by atoms with Crippen molar-refractivity contribution in [2.45, 2.75) is 44.3 Å². The average molecular weight is 731 g/mol. The third kappa shape index (κ3) is 9.66. The summed E-state index contributed by atoms with van der Waals surface area (Å²) in [7, 11) is 0. The van der Waals surface area contributed by atoms with Gasteiger partial charge in [-0.1, -0.05) is 96.5 Å². The van der Waals surface area contributed by atoms with Crippen LogP contribution in [0.25, 0.3) is 0 Å². The van der Waals surface area contributed by atoms with Gasteiger partial charge in [0.2, 0.25) is 11.8 Å². The molecule has 2 fully saturated rings. The van der Waals surface area contributed by atoms with E-state index in [1.165, 1.54) is 16.7 Å². The SMILES string of the molecule is C#C.C=C(NCC(=O)N1CCC2(CC1)C(=O)N(CC(=O)Nc1ccccc1)CN2c1ccccc1)[C@H]1Cc2ccccc2CN1.Cc1ccc(Cl)cc1. The first-order valence-electron chi connectivity index (χ1n) is 17.7. The van der Waals surface area contributed by atoms with Crippen LogP contribution in [0.2, 0.25) is 5.02 Å². The monoisotopic (exact) mass is 730 g/mol. The number of carbonyl (C=O) groups excluding carboxylic acids is 3. The van der Waals surface area contributed by atoms with Gasteiger partial charge in [-0.25, -0.2) is 0 Å². The third-order valence-electron chi connectivity index (χ3n) is 9.90. The molecule has 10 heteroatoms. The van der Waals surface area contributed by atoms with E-state index >= 15 is 0 Å². The first-order chi connectivity index (χ1) is 25.7. The predicted octanol–water partition coefficient (Wildman–Crippen LogP) is 6.01. The summed E-state index contributed by atoms with van der Waals surface area (Å²) < 4.78 is 0. The Morgan fingerprint density at radius 1 is 0.887 bits per heavy atom. The molecule has 7 rings (SSSR count). The van der Waals surface area contributed by atoms with Crippen LogP contribution in [0, 0.1) is 19.8 Å². The molecule has 0 bridgehead atoms. The van der Waals surface area contributed by atoms with E-state index in [0.717, 1.165) is 29.4 Å². The maximum Gasteiger partial charge on any atom is 0.250 e. The van der Waals surface area contributed by atoms with Gasteiger partial charge < -0.3 is 30.7 Å². The molecule has 3 aliphatic rings. The summed E-state index contributed by atoms with van der Waals surface area (Å²) in [5.74, 6) is -0.315. The quantitative estimate of drug-likeness (QED) is 0.192. The lowest BCUT2D eigenvalue weighted by atomic mass is 9.85. The Labute approximate surface area is 318 Å². The summed E-state index contributed by atoms with van der Waals surface area (Å²) in [6.07, 6.45) is 9.82. The second kappa shape index (κ2) is 18.3. The second-order valence-corrected chi connectivity index (χ2v) is 13.8. The third-order valence-corrected chi connectivity index (χ3v) is 10.1. The van der Waals surface area contributed by atoms with Crippen molar-refractivity contribution in [2.24, 2.45) is 0 Å². The van der Waals surface area contributed by atoms with Gasteiger partial charge in [0.15, 0.2) is 0 Å². The molecule has 0 aromatic heterocycles. The standard InChI is InChI=1S/C34H38N6O3.C7H7Cl.C2H2/c1-25(30-20-26-10-8-9-11-27(26)21-36-30)35-22-32(42)38-18-16-34(17-19-38)33(43)39(24-40(34)29-14-6-3-7-15-29)23-31(41)37-28-12-4-2-5-13-28;1-6-2-4-7(8)5-3-6;1-2/h2-15,30,35-36H,1,16-24H2,(H,37,41);2-5H,1H3;1-2H/t30-;;/m1../s1. The van der Waals surface area contributed by atoms with Crippen molar-refractivity contribution in [1.82, 2.24) is 20.4 Å². The Morgan fingerprint density at radius 2 is 1.49 bits per heavy atom. The topological polar surface area (TPSA) is 97.0 Å². The lowest BCUT2D eigenvalue weighted by Crippen LogP contribution is -2.58. The minimum atomic E-state index is -0.804. The van der Waals surface area contributed by atoms with E-state index in [2.05, 4.69) is 58.5 Å². The van der Waals surface area contributed by atoms with E-state index in [0.29, 0.717) is 38.3 Å². The van der Waals surface area contributed by atoms with Gasteiger partial charge in [-0.3, -0.25) is 14.4 Å². The number of nitrogens with zero attached hydrogens (tertiary/aromatic N) is 3. The smallest absolute Gasteiger partial charge is 0.250 e. The van der Waals surface area contributed by atoms with Crippen molar-refractivity contribution in [3.8, 4) is 12.8 Å². The van der Waals surface area contributed by atoms with E-state index in [-0.39, 0.29) is 36.9 Å². The molecule has 9 nitrogen and oxygen atoms in total. The molecule has 3 N–H and O–H groups in total. The molecular formula is C43H47ClN6O3. The number of nitrogens with one attached hydrogen (secondary N) is 3. The molecule has 3 amide bonds. The van der Waals surface area contributed by atoms with Gasteiger partial charge in [0, 0.05) is 41.7 Å². The Hall–Kier alpha value is -5.56. The van der Waals surface area contributed by atoms with Crippen molar-refractivity contribution < 1.29 is 14.4 Å². The summed E-state index contributed by atoms with van der Waals surface area (Å²) in [6, 6.07) is 35.3. The zero-order valence-electron chi connectivity index (χ0n) is 30.1.